The van der Waals surface area contributed by atoms with Crippen LogP contribution in [0.15, 0.2) is 48.5 Å². The van der Waals surface area contributed by atoms with Gasteiger partial charge in [0.25, 0.3) is 0 Å². The fourth-order valence-corrected chi connectivity index (χ4v) is 4.50. The maximum atomic E-state index is 12.9. The van der Waals surface area contributed by atoms with E-state index in [-0.39, 0.29) is 24.4 Å². The molecule has 31 heavy (non-hydrogen) atoms. The third-order valence-corrected chi connectivity index (χ3v) is 6.41. The summed E-state index contributed by atoms with van der Waals surface area (Å²) in [5.74, 6) is 1.61. The Labute approximate surface area is 188 Å². The Morgan fingerprint density at radius 3 is 2.35 bits per heavy atom. The Morgan fingerprint density at radius 1 is 1.13 bits per heavy atom. The Balaban J connectivity index is 1.78. The maximum absolute atomic E-state index is 12.9. The van der Waals surface area contributed by atoms with Gasteiger partial charge in [0.05, 0.1) is 18.0 Å². The molecule has 9 heteroatoms. The van der Waals surface area contributed by atoms with Crippen LogP contribution in [0.25, 0.3) is 0 Å². The Kier molecular flexibility index (Phi) is 9.64. The first-order chi connectivity index (χ1) is 14.6. The van der Waals surface area contributed by atoms with E-state index in [0.29, 0.717) is 18.0 Å². The molecule has 0 saturated heterocycles. The van der Waals surface area contributed by atoms with Crippen LogP contribution in [0.3, 0.4) is 0 Å². The first-order valence-corrected chi connectivity index (χ1v) is 13.0. The number of halogens is 1. The molecule has 2 aromatic carbocycles. The van der Waals surface area contributed by atoms with Crippen LogP contribution in [-0.2, 0) is 20.6 Å². The number of rotatable bonds is 12. The summed E-state index contributed by atoms with van der Waals surface area (Å²) in [4.78, 5) is 12.3. The van der Waals surface area contributed by atoms with Crippen LogP contribution < -0.4 is 14.4 Å². The average Bonchev–Trinajstić information content (AvgIpc) is 2.69. The molecule has 0 aliphatic rings. The summed E-state index contributed by atoms with van der Waals surface area (Å²) in [6.07, 6.45) is 1.83. The van der Waals surface area contributed by atoms with Gasteiger partial charge in [-0.25, -0.2) is 12.8 Å². The zero-order chi connectivity index (χ0) is 22.9. The number of benzene rings is 2. The molecular formula is C22H29FN2O4S2. The number of amides is 1. The van der Waals surface area contributed by atoms with Gasteiger partial charge in [-0.15, -0.1) is 0 Å². The monoisotopic (exact) mass is 468 g/mol. The number of nitrogens with zero attached hydrogens (tertiary/aromatic N) is 1. The molecule has 0 aliphatic heterocycles. The van der Waals surface area contributed by atoms with E-state index in [0.717, 1.165) is 34.1 Å². The van der Waals surface area contributed by atoms with Crippen molar-refractivity contribution in [2.75, 3.05) is 29.4 Å². The number of ether oxygens (including phenoxy) is 1. The van der Waals surface area contributed by atoms with Crippen molar-refractivity contribution in [2.45, 2.75) is 32.1 Å². The second-order valence-electron chi connectivity index (χ2n) is 7.31. The van der Waals surface area contributed by atoms with Gasteiger partial charge in [0, 0.05) is 12.3 Å². The number of carbonyl (C=O) groups excluding carboxylic acids is 1. The molecule has 0 unspecified atom stereocenters. The minimum absolute atomic E-state index is 0.0106. The fraction of sp³-hybridized carbons (Fsp3) is 0.409. The largest absolute Gasteiger partial charge is 0.491 e. The van der Waals surface area contributed by atoms with E-state index in [2.05, 4.69) is 5.32 Å². The second-order valence-corrected chi connectivity index (χ2v) is 10.3. The SMILES string of the molecule is CC(C)Oc1ccc(N(CC(=O)NCCCSCc2ccc(F)cc2)S(C)(=O)=O)cc1. The number of nitrogens with one attached hydrogen (secondary N) is 1. The van der Waals surface area contributed by atoms with E-state index in [9.17, 15) is 17.6 Å². The first-order valence-electron chi connectivity index (χ1n) is 9.98. The van der Waals surface area contributed by atoms with E-state index in [1.54, 1.807) is 48.2 Å². The molecule has 0 saturated carbocycles. The molecule has 2 aromatic rings. The normalized spacial score (nSPS) is 11.4. The van der Waals surface area contributed by atoms with Gasteiger partial charge in [0.2, 0.25) is 15.9 Å². The highest BCUT2D eigenvalue weighted by Gasteiger charge is 2.20. The van der Waals surface area contributed by atoms with Gasteiger partial charge < -0.3 is 10.1 Å². The van der Waals surface area contributed by atoms with Crippen LogP contribution in [0.4, 0.5) is 10.1 Å². The van der Waals surface area contributed by atoms with Crippen LogP contribution in [-0.4, -0.2) is 45.5 Å². The molecule has 170 valence electrons. The summed E-state index contributed by atoms with van der Waals surface area (Å²) >= 11 is 1.69. The molecule has 6 nitrogen and oxygen atoms in total. The summed E-state index contributed by atoms with van der Waals surface area (Å²) in [5.41, 5.74) is 1.45. The van der Waals surface area contributed by atoms with E-state index in [1.807, 2.05) is 13.8 Å². The Bertz CT molecular complexity index is 933. The molecule has 0 radical (unpaired) electrons. The lowest BCUT2D eigenvalue weighted by atomic mass is 10.2. The van der Waals surface area contributed by atoms with Crippen molar-refractivity contribution < 1.29 is 22.3 Å². The number of sulfonamides is 1. The van der Waals surface area contributed by atoms with E-state index < -0.39 is 10.0 Å². The number of hydrogen-bond donors (Lipinski definition) is 1. The molecule has 0 fully saturated rings. The number of thioether (sulfide) groups is 1. The predicted octanol–water partition coefficient (Wildman–Crippen LogP) is 3.82. The lowest BCUT2D eigenvalue weighted by molar-refractivity contribution is -0.119. The van der Waals surface area contributed by atoms with Crippen molar-refractivity contribution >= 4 is 33.4 Å². The maximum Gasteiger partial charge on any atom is 0.240 e. The van der Waals surface area contributed by atoms with E-state index in [4.69, 9.17) is 4.74 Å². The van der Waals surface area contributed by atoms with Crippen LogP contribution in [0.2, 0.25) is 0 Å². The van der Waals surface area contributed by atoms with Gasteiger partial charge in [-0.2, -0.15) is 11.8 Å². The van der Waals surface area contributed by atoms with Crippen molar-refractivity contribution in [1.82, 2.24) is 5.32 Å². The number of hydrogen-bond acceptors (Lipinski definition) is 5. The third-order valence-electron chi connectivity index (χ3n) is 4.15. The molecule has 0 bridgehead atoms. The second kappa shape index (κ2) is 12.0. The molecule has 0 atom stereocenters. The highest BCUT2D eigenvalue weighted by Crippen LogP contribution is 2.22. The van der Waals surface area contributed by atoms with Gasteiger partial charge in [0.1, 0.15) is 18.1 Å². The lowest BCUT2D eigenvalue weighted by Crippen LogP contribution is -2.40. The quantitative estimate of drug-likeness (QED) is 0.480. The average molecular weight is 469 g/mol. The van der Waals surface area contributed by atoms with Crippen LogP contribution in [0.1, 0.15) is 25.8 Å². The molecule has 0 aromatic heterocycles. The van der Waals surface area contributed by atoms with Crippen LogP contribution in [0, 0.1) is 5.82 Å². The van der Waals surface area contributed by atoms with E-state index in [1.165, 1.54) is 12.1 Å². The summed E-state index contributed by atoms with van der Waals surface area (Å²) in [6, 6.07) is 13.0. The molecule has 0 aliphatic carbocycles. The standard InChI is InChI=1S/C22H29FN2O4S2/c1-17(2)29-21-11-9-20(10-12-21)25(31(3,27)28)15-22(26)24-13-4-14-30-16-18-5-7-19(23)8-6-18/h5-12,17H,4,13-16H2,1-3H3,(H,24,26). The number of anilines is 1. The summed E-state index contributed by atoms with van der Waals surface area (Å²) < 4.78 is 43.9. The number of carbonyl (C=O) groups is 1. The molecule has 0 spiro atoms. The van der Waals surface area contributed by atoms with Crippen molar-refractivity contribution in [3.05, 3.63) is 59.9 Å². The summed E-state index contributed by atoms with van der Waals surface area (Å²) in [7, 11) is -3.62. The predicted molar refractivity (Wildman–Crippen MR) is 125 cm³/mol. The Morgan fingerprint density at radius 2 is 1.77 bits per heavy atom. The van der Waals surface area contributed by atoms with Gasteiger partial charge in [0.15, 0.2) is 0 Å². The van der Waals surface area contributed by atoms with Gasteiger partial charge in [-0.1, -0.05) is 12.1 Å². The lowest BCUT2D eigenvalue weighted by Gasteiger charge is -2.22. The van der Waals surface area contributed by atoms with Crippen LogP contribution in [0.5, 0.6) is 5.75 Å². The highest BCUT2D eigenvalue weighted by molar-refractivity contribution is 7.98. The fourth-order valence-electron chi connectivity index (χ4n) is 2.72. The van der Waals surface area contributed by atoms with Gasteiger partial charge in [-0.3, -0.25) is 9.10 Å². The summed E-state index contributed by atoms with van der Waals surface area (Å²) in [5, 5.41) is 2.77. The topological polar surface area (TPSA) is 75.7 Å². The Hall–Kier alpha value is -2.26. The zero-order valence-corrected chi connectivity index (χ0v) is 19.6. The first kappa shape index (κ1) is 25.0. The highest BCUT2D eigenvalue weighted by atomic mass is 32.2. The minimum Gasteiger partial charge on any atom is -0.491 e. The summed E-state index contributed by atoms with van der Waals surface area (Å²) in [6.45, 7) is 3.98. The third kappa shape index (κ3) is 9.18. The van der Waals surface area contributed by atoms with Crippen molar-refractivity contribution in [3.63, 3.8) is 0 Å². The molecule has 1 amide bonds. The van der Waals surface area contributed by atoms with E-state index >= 15 is 0 Å². The van der Waals surface area contributed by atoms with Gasteiger partial charge in [-0.05, 0) is 68.0 Å². The molecule has 2 rings (SSSR count). The minimum atomic E-state index is -3.62. The molecular weight excluding hydrogens is 439 g/mol. The smallest absolute Gasteiger partial charge is 0.240 e. The van der Waals surface area contributed by atoms with Crippen molar-refractivity contribution in [3.8, 4) is 5.75 Å². The van der Waals surface area contributed by atoms with Crippen molar-refractivity contribution in [1.29, 1.82) is 0 Å². The molecule has 1 N–H and O–H groups in total. The van der Waals surface area contributed by atoms with Crippen LogP contribution >= 0.6 is 11.8 Å². The van der Waals surface area contributed by atoms with Crippen molar-refractivity contribution in [2.24, 2.45) is 0 Å². The van der Waals surface area contributed by atoms with Gasteiger partial charge >= 0.3 is 0 Å². The molecule has 0 heterocycles. The zero-order valence-electron chi connectivity index (χ0n) is 18.0.